The minimum Gasteiger partial charge on any atom is -0.329 e. The molecule has 1 aromatic carbocycles. The standard InChI is InChI=1S/C15H22BrFN2/c1-15(2)6-3-7-19(10-15)14(9-18)11-4-5-13(17)12(16)8-11/h4-5,8,14H,3,6-7,9-10,18H2,1-2H3. The maximum absolute atomic E-state index is 13.3. The summed E-state index contributed by atoms with van der Waals surface area (Å²) in [5.41, 5.74) is 7.39. The average Bonchev–Trinajstić information content (AvgIpc) is 2.33. The van der Waals surface area contributed by atoms with Crippen molar-refractivity contribution in [2.24, 2.45) is 11.1 Å². The Morgan fingerprint density at radius 3 is 2.79 bits per heavy atom. The quantitative estimate of drug-likeness (QED) is 0.916. The predicted octanol–water partition coefficient (Wildman–Crippen LogP) is 3.71. The van der Waals surface area contributed by atoms with Crippen molar-refractivity contribution in [2.45, 2.75) is 32.7 Å². The maximum Gasteiger partial charge on any atom is 0.137 e. The van der Waals surface area contributed by atoms with Crippen molar-refractivity contribution in [3.63, 3.8) is 0 Å². The van der Waals surface area contributed by atoms with E-state index in [1.807, 2.05) is 12.1 Å². The van der Waals surface area contributed by atoms with Crippen LogP contribution in [0, 0.1) is 11.2 Å². The molecule has 1 saturated heterocycles. The van der Waals surface area contributed by atoms with Crippen LogP contribution in [0.4, 0.5) is 4.39 Å². The van der Waals surface area contributed by atoms with Crippen LogP contribution in [0.2, 0.25) is 0 Å². The Morgan fingerprint density at radius 2 is 2.21 bits per heavy atom. The zero-order chi connectivity index (χ0) is 14.0. The molecule has 2 N–H and O–H groups in total. The molecule has 4 heteroatoms. The van der Waals surface area contributed by atoms with Crippen molar-refractivity contribution >= 4 is 15.9 Å². The molecule has 0 saturated carbocycles. The highest BCUT2D eigenvalue weighted by Gasteiger charge is 2.30. The highest BCUT2D eigenvalue weighted by Crippen LogP contribution is 2.34. The highest BCUT2D eigenvalue weighted by atomic mass is 79.9. The number of nitrogens with zero attached hydrogens (tertiary/aromatic N) is 1. The summed E-state index contributed by atoms with van der Waals surface area (Å²) in [6.45, 7) is 7.28. The van der Waals surface area contributed by atoms with E-state index in [9.17, 15) is 4.39 Å². The number of nitrogens with two attached hydrogens (primary N) is 1. The van der Waals surface area contributed by atoms with Gasteiger partial charge in [0, 0.05) is 19.1 Å². The smallest absolute Gasteiger partial charge is 0.137 e. The number of hydrogen-bond acceptors (Lipinski definition) is 2. The fraction of sp³-hybridized carbons (Fsp3) is 0.600. The minimum atomic E-state index is -0.224. The Labute approximate surface area is 123 Å². The third kappa shape index (κ3) is 3.56. The van der Waals surface area contributed by atoms with E-state index in [0.29, 0.717) is 16.4 Å². The first-order chi connectivity index (χ1) is 8.93. The van der Waals surface area contributed by atoms with E-state index in [4.69, 9.17) is 5.73 Å². The molecule has 1 unspecified atom stereocenters. The predicted molar refractivity (Wildman–Crippen MR) is 80.5 cm³/mol. The van der Waals surface area contributed by atoms with Crippen LogP contribution in [0.3, 0.4) is 0 Å². The molecule has 1 fully saturated rings. The van der Waals surface area contributed by atoms with Gasteiger partial charge in [0.1, 0.15) is 5.82 Å². The molecular formula is C15H22BrFN2. The van der Waals surface area contributed by atoms with Crippen LogP contribution in [-0.2, 0) is 0 Å². The van der Waals surface area contributed by atoms with E-state index < -0.39 is 0 Å². The summed E-state index contributed by atoms with van der Waals surface area (Å²) in [5.74, 6) is -0.224. The second-order valence-electron chi connectivity index (χ2n) is 6.16. The molecule has 106 valence electrons. The number of benzene rings is 1. The third-order valence-electron chi connectivity index (χ3n) is 3.92. The molecule has 2 rings (SSSR count). The lowest BCUT2D eigenvalue weighted by atomic mass is 9.83. The normalized spacial score (nSPS) is 21.3. The van der Waals surface area contributed by atoms with Gasteiger partial charge >= 0.3 is 0 Å². The molecule has 1 aliphatic rings. The SMILES string of the molecule is CC1(C)CCCN(C(CN)c2ccc(F)c(Br)c2)C1. The molecule has 0 radical (unpaired) electrons. The van der Waals surface area contributed by atoms with Crippen molar-refractivity contribution in [1.82, 2.24) is 4.90 Å². The van der Waals surface area contributed by atoms with Crippen molar-refractivity contribution in [1.29, 1.82) is 0 Å². The molecule has 1 atom stereocenters. The van der Waals surface area contributed by atoms with Gasteiger partial charge in [-0.05, 0) is 58.4 Å². The first-order valence-electron chi connectivity index (χ1n) is 6.82. The molecule has 2 nitrogen and oxygen atoms in total. The van der Waals surface area contributed by atoms with Crippen LogP contribution in [0.5, 0.6) is 0 Å². The molecule has 1 aliphatic heterocycles. The van der Waals surface area contributed by atoms with E-state index in [-0.39, 0.29) is 11.9 Å². The van der Waals surface area contributed by atoms with Crippen LogP contribution < -0.4 is 5.73 Å². The van der Waals surface area contributed by atoms with Gasteiger partial charge in [-0.15, -0.1) is 0 Å². The number of piperidine rings is 1. The highest BCUT2D eigenvalue weighted by molar-refractivity contribution is 9.10. The molecule has 0 spiro atoms. The van der Waals surface area contributed by atoms with Crippen LogP contribution in [0.15, 0.2) is 22.7 Å². The number of likely N-dealkylation sites (tertiary alicyclic amines) is 1. The molecule has 0 amide bonds. The summed E-state index contributed by atoms with van der Waals surface area (Å²) in [7, 11) is 0. The van der Waals surface area contributed by atoms with Gasteiger partial charge in [0.25, 0.3) is 0 Å². The monoisotopic (exact) mass is 328 g/mol. The van der Waals surface area contributed by atoms with Crippen molar-refractivity contribution in [3.05, 3.63) is 34.1 Å². The van der Waals surface area contributed by atoms with Gasteiger partial charge in [0.05, 0.1) is 4.47 Å². The summed E-state index contributed by atoms with van der Waals surface area (Å²) in [6, 6.07) is 5.39. The third-order valence-corrected chi connectivity index (χ3v) is 4.53. The molecule has 0 aromatic heterocycles. The van der Waals surface area contributed by atoms with E-state index in [1.54, 1.807) is 0 Å². The summed E-state index contributed by atoms with van der Waals surface area (Å²) >= 11 is 3.26. The average molecular weight is 329 g/mol. The molecule has 0 aliphatic carbocycles. The second kappa shape index (κ2) is 5.90. The van der Waals surface area contributed by atoms with Crippen molar-refractivity contribution < 1.29 is 4.39 Å². The van der Waals surface area contributed by atoms with Crippen LogP contribution in [-0.4, -0.2) is 24.5 Å². The molecule has 1 heterocycles. The Balaban J connectivity index is 2.21. The minimum absolute atomic E-state index is 0.177. The van der Waals surface area contributed by atoms with Gasteiger partial charge in [-0.3, -0.25) is 4.90 Å². The lowest BCUT2D eigenvalue weighted by Gasteiger charge is -2.42. The fourth-order valence-corrected chi connectivity index (χ4v) is 3.35. The van der Waals surface area contributed by atoms with E-state index in [1.165, 1.54) is 18.9 Å². The Bertz CT molecular complexity index is 448. The zero-order valence-corrected chi connectivity index (χ0v) is 13.2. The molecule has 0 bridgehead atoms. The Morgan fingerprint density at radius 1 is 1.47 bits per heavy atom. The van der Waals surface area contributed by atoms with Crippen molar-refractivity contribution in [3.8, 4) is 0 Å². The van der Waals surface area contributed by atoms with Gasteiger partial charge in [-0.2, -0.15) is 0 Å². The van der Waals surface area contributed by atoms with E-state index >= 15 is 0 Å². The molecular weight excluding hydrogens is 307 g/mol. The van der Waals surface area contributed by atoms with Gasteiger partial charge in [-0.25, -0.2) is 4.39 Å². The first kappa shape index (κ1) is 14.9. The summed E-state index contributed by atoms with van der Waals surface area (Å²) in [4.78, 5) is 2.43. The lowest BCUT2D eigenvalue weighted by Crippen LogP contribution is -2.44. The van der Waals surface area contributed by atoms with Gasteiger partial charge in [0.15, 0.2) is 0 Å². The lowest BCUT2D eigenvalue weighted by molar-refractivity contribution is 0.0806. The van der Waals surface area contributed by atoms with Gasteiger partial charge in [0.2, 0.25) is 0 Å². The van der Waals surface area contributed by atoms with Gasteiger partial charge in [-0.1, -0.05) is 19.9 Å². The maximum atomic E-state index is 13.3. The molecule has 1 aromatic rings. The summed E-state index contributed by atoms with van der Waals surface area (Å²) in [5, 5.41) is 0. The number of halogens is 2. The number of rotatable bonds is 3. The zero-order valence-electron chi connectivity index (χ0n) is 11.6. The van der Waals surface area contributed by atoms with E-state index in [0.717, 1.165) is 18.7 Å². The number of hydrogen-bond donors (Lipinski definition) is 1. The van der Waals surface area contributed by atoms with Crippen LogP contribution in [0.25, 0.3) is 0 Å². The Kier molecular flexibility index (Phi) is 4.64. The Hall–Kier alpha value is -0.450. The topological polar surface area (TPSA) is 29.3 Å². The van der Waals surface area contributed by atoms with Crippen molar-refractivity contribution in [2.75, 3.05) is 19.6 Å². The van der Waals surface area contributed by atoms with Gasteiger partial charge < -0.3 is 5.73 Å². The first-order valence-corrected chi connectivity index (χ1v) is 7.61. The second-order valence-corrected chi connectivity index (χ2v) is 7.02. The summed E-state index contributed by atoms with van der Waals surface area (Å²) < 4.78 is 13.9. The summed E-state index contributed by atoms with van der Waals surface area (Å²) in [6.07, 6.45) is 2.46. The fourth-order valence-electron chi connectivity index (χ4n) is 2.95. The largest absolute Gasteiger partial charge is 0.329 e. The molecule has 19 heavy (non-hydrogen) atoms. The van der Waals surface area contributed by atoms with E-state index in [2.05, 4.69) is 34.7 Å². The van der Waals surface area contributed by atoms with Crippen LogP contribution in [0.1, 0.15) is 38.3 Å². The van der Waals surface area contributed by atoms with Crippen LogP contribution >= 0.6 is 15.9 Å².